The molecule has 0 aliphatic heterocycles. The Labute approximate surface area is 113 Å². The highest BCUT2D eigenvalue weighted by Crippen LogP contribution is 2.59. The van der Waals surface area contributed by atoms with Gasteiger partial charge in [0.2, 0.25) is 0 Å². The molecule has 0 atom stereocenters. The topological polar surface area (TPSA) is 42.2 Å². The molecule has 1 N–H and O–H groups in total. The van der Waals surface area contributed by atoms with Crippen LogP contribution >= 0.6 is 0 Å². The van der Waals surface area contributed by atoms with Gasteiger partial charge in [-0.05, 0) is 75.3 Å². The number of hydrogen-bond acceptors (Lipinski definition) is 1. The molecule has 0 radical (unpaired) electrons. The summed E-state index contributed by atoms with van der Waals surface area (Å²) in [5, 5.41) is 9.46. The van der Waals surface area contributed by atoms with E-state index in [0.29, 0.717) is 5.69 Å². The van der Waals surface area contributed by atoms with Gasteiger partial charge in [-0.15, -0.1) is 0 Å². The molecule has 4 aliphatic rings. The number of nitrogens with zero attached hydrogens (tertiary/aromatic N) is 1. The Bertz CT molecular complexity index is 508. The molecule has 1 aromatic heterocycles. The van der Waals surface area contributed by atoms with E-state index in [1.807, 2.05) is 6.07 Å². The minimum Gasteiger partial charge on any atom is -0.477 e. The fourth-order valence-corrected chi connectivity index (χ4v) is 5.67. The Morgan fingerprint density at radius 1 is 1.16 bits per heavy atom. The molecule has 5 rings (SSSR count). The van der Waals surface area contributed by atoms with E-state index in [2.05, 4.69) is 11.5 Å². The fourth-order valence-electron chi connectivity index (χ4n) is 5.67. The maximum atomic E-state index is 11.5. The third-order valence-electron chi connectivity index (χ3n) is 5.78. The van der Waals surface area contributed by atoms with Gasteiger partial charge < -0.3 is 9.67 Å². The lowest BCUT2D eigenvalue weighted by atomic mass is 9.53. The van der Waals surface area contributed by atoms with Gasteiger partial charge in [-0.25, -0.2) is 4.79 Å². The molecule has 3 nitrogen and oxygen atoms in total. The molecule has 102 valence electrons. The van der Waals surface area contributed by atoms with Crippen LogP contribution in [-0.4, -0.2) is 15.6 Å². The molecular weight excluding hydrogens is 238 g/mol. The molecule has 1 heterocycles. The predicted octanol–water partition coefficient (Wildman–Crippen LogP) is 3.42. The molecule has 4 saturated carbocycles. The summed E-state index contributed by atoms with van der Waals surface area (Å²) in [6.45, 7) is 2.06. The summed E-state index contributed by atoms with van der Waals surface area (Å²) >= 11 is 0. The quantitative estimate of drug-likeness (QED) is 0.884. The average molecular weight is 259 g/mol. The highest BCUT2D eigenvalue weighted by Gasteiger charge is 2.52. The van der Waals surface area contributed by atoms with Crippen molar-refractivity contribution in [2.75, 3.05) is 0 Å². The molecule has 0 saturated heterocycles. The standard InChI is InChI=1S/C16H21NO2/c1-10-2-3-14(15(18)19)17(10)16-7-11-4-12(8-16)6-13(5-11)9-16/h2-3,11-13H,4-9H2,1H3,(H,18,19). The molecule has 0 amide bonds. The number of carbonyl (C=O) groups is 1. The van der Waals surface area contributed by atoms with Crippen LogP contribution in [0.15, 0.2) is 12.1 Å². The molecule has 4 aliphatic carbocycles. The van der Waals surface area contributed by atoms with E-state index < -0.39 is 5.97 Å². The van der Waals surface area contributed by atoms with Gasteiger partial charge in [-0.1, -0.05) is 0 Å². The van der Waals surface area contributed by atoms with Crippen molar-refractivity contribution in [3.8, 4) is 0 Å². The van der Waals surface area contributed by atoms with Crippen molar-refractivity contribution in [2.45, 2.75) is 51.0 Å². The third kappa shape index (κ3) is 1.53. The first kappa shape index (κ1) is 11.6. The third-order valence-corrected chi connectivity index (χ3v) is 5.78. The van der Waals surface area contributed by atoms with Crippen LogP contribution in [-0.2, 0) is 5.54 Å². The lowest BCUT2D eigenvalue weighted by Crippen LogP contribution is -2.52. The summed E-state index contributed by atoms with van der Waals surface area (Å²) in [6.07, 6.45) is 7.78. The molecule has 19 heavy (non-hydrogen) atoms. The average Bonchev–Trinajstić information content (AvgIpc) is 2.70. The number of carboxylic acid groups (broad SMARTS) is 1. The zero-order valence-electron chi connectivity index (χ0n) is 11.4. The van der Waals surface area contributed by atoms with Gasteiger partial charge in [0.15, 0.2) is 0 Å². The first-order valence-corrected chi connectivity index (χ1v) is 7.49. The van der Waals surface area contributed by atoms with Crippen molar-refractivity contribution in [1.29, 1.82) is 0 Å². The maximum absolute atomic E-state index is 11.5. The maximum Gasteiger partial charge on any atom is 0.352 e. The first-order valence-electron chi connectivity index (χ1n) is 7.49. The SMILES string of the molecule is Cc1ccc(C(=O)O)n1C12CC3CC(CC(C3)C1)C2. The monoisotopic (exact) mass is 259 g/mol. The van der Waals surface area contributed by atoms with Crippen LogP contribution in [0.25, 0.3) is 0 Å². The van der Waals surface area contributed by atoms with E-state index in [0.717, 1.165) is 23.4 Å². The van der Waals surface area contributed by atoms with Gasteiger partial charge >= 0.3 is 5.97 Å². The second kappa shape index (κ2) is 3.65. The Morgan fingerprint density at radius 2 is 1.68 bits per heavy atom. The van der Waals surface area contributed by atoms with E-state index in [1.165, 1.54) is 38.5 Å². The van der Waals surface area contributed by atoms with Gasteiger partial charge in [0.05, 0.1) is 0 Å². The minimum absolute atomic E-state index is 0.121. The van der Waals surface area contributed by atoms with Crippen molar-refractivity contribution < 1.29 is 9.90 Å². The van der Waals surface area contributed by atoms with Crippen molar-refractivity contribution in [1.82, 2.24) is 4.57 Å². The smallest absolute Gasteiger partial charge is 0.352 e. The van der Waals surface area contributed by atoms with Gasteiger partial charge in [0.25, 0.3) is 0 Å². The summed E-state index contributed by atoms with van der Waals surface area (Å²) in [7, 11) is 0. The Hall–Kier alpha value is -1.25. The molecule has 1 aromatic rings. The van der Waals surface area contributed by atoms with Crippen molar-refractivity contribution in [3.05, 3.63) is 23.5 Å². The number of hydrogen-bond donors (Lipinski definition) is 1. The summed E-state index contributed by atoms with van der Waals surface area (Å²) in [5.74, 6) is 1.75. The van der Waals surface area contributed by atoms with Gasteiger partial charge in [0.1, 0.15) is 5.69 Å². The molecule has 3 heteroatoms. The molecule has 0 unspecified atom stereocenters. The van der Waals surface area contributed by atoms with Crippen LogP contribution in [0.1, 0.15) is 54.7 Å². The Morgan fingerprint density at radius 3 is 2.16 bits per heavy atom. The van der Waals surface area contributed by atoms with Crippen molar-refractivity contribution >= 4 is 5.97 Å². The predicted molar refractivity (Wildman–Crippen MR) is 72.3 cm³/mol. The number of carboxylic acids is 1. The number of aromatic nitrogens is 1. The van der Waals surface area contributed by atoms with Crippen LogP contribution < -0.4 is 0 Å². The molecule has 0 spiro atoms. The fraction of sp³-hybridized carbons (Fsp3) is 0.688. The zero-order chi connectivity index (χ0) is 13.2. The second-order valence-corrected chi connectivity index (χ2v) is 7.14. The van der Waals surface area contributed by atoms with Crippen LogP contribution in [0.2, 0.25) is 0 Å². The van der Waals surface area contributed by atoms with Gasteiger partial charge in [0, 0.05) is 11.2 Å². The summed E-state index contributed by atoms with van der Waals surface area (Å²) in [6, 6.07) is 3.76. The Kier molecular flexibility index (Phi) is 2.22. The van der Waals surface area contributed by atoms with Crippen LogP contribution in [0, 0.1) is 24.7 Å². The van der Waals surface area contributed by atoms with E-state index >= 15 is 0 Å². The second-order valence-electron chi connectivity index (χ2n) is 7.14. The van der Waals surface area contributed by atoms with Gasteiger partial charge in [-0.2, -0.15) is 0 Å². The lowest BCUT2D eigenvalue weighted by Gasteiger charge is -2.58. The summed E-state index contributed by atoms with van der Waals surface area (Å²) < 4.78 is 2.18. The first-order chi connectivity index (χ1) is 9.07. The van der Waals surface area contributed by atoms with E-state index in [4.69, 9.17) is 0 Å². The lowest BCUT2D eigenvalue weighted by molar-refractivity contribution is -0.0451. The highest BCUT2D eigenvalue weighted by atomic mass is 16.4. The van der Waals surface area contributed by atoms with Crippen molar-refractivity contribution in [3.63, 3.8) is 0 Å². The van der Waals surface area contributed by atoms with E-state index in [9.17, 15) is 9.90 Å². The van der Waals surface area contributed by atoms with Gasteiger partial charge in [-0.3, -0.25) is 0 Å². The molecule has 4 bridgehead atoms. The number of aromatic carboxylic acids is 1. The van der Waals surface area contributed by atoms with Crippen LogP contribution in [0.3, 0.4) is 0 Å². The highest BCUT2D eigenvalue weighted by molar-refractivity contribution is 5.86. The molecule has 4 fully saturated rings. The van der Waals surface area contributed by atoms with Crippen molar-refractivity contribution in [2.24, 2.45) is 17.8 Å². The zero-order valence-corrected chi connectivity index (χ0v) is 11.4. The molecular formula is C16H21NO2. The normalized spacial score (nSPS) is 39.7. The summed E-state index contributed by atoms with van der Waals surface area (Å²) in [4.78, 5) is 11.5. The van der Waals surface area contributed by atoms with E-state index in [-0.39, 0.29) is 5.54 Å². The Balaban J connectivity index is 1.84. The minimum atomic E-state index is -0.774. The summed E-state index contributed by atoms with van der Waals surface area (Å²) in [5.41, 5.74) is 1.74. The van der Waals surface area contributed by atoms with Crippen LogP contribution in [0.5, 0.6) is 0 Å². The molecule has 0 aromatic carbocycles. The number of rotatable bonds is 2. The largest absolute Gasteiger partial charge is 0.477 e. The van der Waals surface area contributed by atoms with Crippen LogP contribution in [0.4, 0.5) is 0 Å². The van der Waals surface area contributed by atoms with E-state index in [1.54, 1.807) is 6.07 Å². The number of aryl methyl sites for hydroxylation is 1.